The Labute approximate surface area is 243 Å². The minimum absolute atomic E-state index is 0.394. The molecule has 204 valence electrons. The molecule has 0 amide bonds. The summed E-state index contributed by atoms with van der Waals surface area (Å²) in [6.07, 6.45) is 7.40. The lowest BCUT2D eigenvalue weighted by molar-refractivity contribution is 0.590. The highest BCUT2D eigenvalue weighted by Gasteiger charge is 2.30. The van der Waals surface area contributed by atoms with Gasteiger partial charge in [-0.2, -0.15) is 12.6 Å². The van der Waals surface area contributed by atoms with Crippen molar-refractivity contribution in [3.63, 3.8) is 0 Å². The van der Waals surface area contributed by atoms with Gasteiger partial charge in [0.25, 0.3) is 0 Å². The smallest absolute Gasteiger partial charge is 0.167 e. The summed E-state index contributed by atoms with van der Waals surface area (Å²) in [4.78, 5) is 0. The van der Waals surface area contributed by atoms with Crippen LogP contribution >= 0.6 is 19.8 Å². The van der Waals surface area contributed by atoms with Gasteiger partial charge in [0.1, 0.15) is 0 Å². The van der Waals surface area contributed by atoms with E-state index in [-0.39, 0.29) is 0 Å². The normalized spacial score (nSPS) is 13.6. The lowest BCUT2D eigenvalue weighted by Crippen LogP contribution is -2.18. The van der Waals surface area contributed by atoms with Crippen molar-refractivity contribution in [1.82, 2.24) is 9.88 Å². The molecule has 0 spiro atoms. The van der Waals surface area contributed by atoms with Crippen LogP contribution in [0.2, 0.25) is 0 Å². The molecule has 0 fully saturated rings. The molecule has 5 aromatic rings. The number of nitrogens with zero attached hydrogens (tertiary/aromatic N) is 1. The second-order valence-electron chi connectivity index (χ2n) is 9.99. The van der Waals surface area contributed by atoms with Gasteiger partial charge in [0.05, 0.1) is 10.9 Å². The number of aromatic nitrogens is 1. The van der Waals surface area contributed by atoms with Crippen molar-refractivity contribution < 1.29 is 4.57 Å². The van der Waals surface area contributed by atoms with E-state index in [9.17, 15) is 4.57 Å². The highest BCUT2D eigenvalue weighted by molar-refractivity contribution is 7.86. The summed E-state index contributed by atoms with van der Waals surface area (Å²) in [5.74, 6) is 0.394. The van der Waals surface area contributed by atoms with Crippen LogP contribution in [0.25, 0.3) is 33.4 Å². The Bertz CT molecular complexity index is 1740. The Morgan fingerprint density at radius 1 is 0.850 bits per heavy atom. The van der Waals surface area contributed by atoms with Crippen LogP contribution in [0.5, 0.6) is 0 Å². The molecule has 0 radical (unpaired) electrons. The van der Waals surface area contributed by atoms with Gasteiger partial charge in [0.2, 0.25) is 0 Å². The molecule has 5 rings (SSSR count). The first kappa shape index (κ1) is 28.2. The van der Waals surface area contributed by atoms with Crippen molar-refractivity contribution in [2.24, 2.45) is 0 Å². The lowest BCUT2D eigenvalue weighted by Gasteiger charge is -2.21. The topological polar surface area (TPSA) is 34.0 Å². The number of hydrogen-bond donors (Lipinski definition) is 2. The van der Waals surface area contributed by atoms with Crippen molar-refractivity contribution >= 4 is 63.8 Å². The number of nitrogens with one attached hydrogen (secondary N) is 1. The van der Waals surface area contributed by atoms with Crippen LogP contribution in [0.4, 0.5) is 0 Å². The quantitative estimate of drug-likeness (QED) is 0.105. The molecule has 1 heterocycles. The van der Waals surface area contributed by atoms with E-state index in [1.54, 1.807) is 0 Å². The van der Waals surface area contributed by atoms with Gasteiger partial charge in [-0.05, 0) is 43.0 Å². The first-order valence-corrected chi connectivity index (χ1v) is 16.3. The van der Waals surface area contributed by atoms with Gasteiger partial charge in [-0.3, -0.25) is 0 Å². The van der Waals surface area contributed by atoms with E-state index in [0.29, 0.717) is 5.75 Å². The van der Waals surface area contributed by atoms with Crippen molar-refractivity contribution in [2.45, 2.75) is 33.7 Å². The third kappa shape index (κ3) is 5.12. The second-order valence-corrected chi connectivity index (χ2v) is 13.1. The largest absolute Gasteiger partial charge is 0.314 e. The zero-order chi connectivity index (χ0) is 28.1. The molecule has 40 heavy (non-hydrogen) atoms. The van der Waals surface area contributed by atoms with E-state index < -0.39 is 7.14 Å². The first-order chi connectivity index (χ1) is 19.5. The molecule has 0 atom stereocenters. The summed E-state index contributed by atoms with van der Waals surface area (Å²) in [6, 6.07) is 30.6. The number of rotatable bonds is 10. The van der Waals surface area contributed by atoms with Gasteiger partial charge < -0.3 is 14.4 Å². The Hall–Kier alpha value is -3.30. The highest BCUT2D eigenvalue weighted by atomic mass is 32.1. The Balaban J connectivity index is 1.73. The van der Waals surface area contributed by atoms with Crippen molar-refractivity contribution in [3.8, 4) is 0 Å². The molecule has 0 aliphatic rings. The standard InChI is InChI=1S/C35H37N2OPS/c1-4-13-32-35-28(24-36-5-2)22-21-27-14-12-19-33(34(27)35)37(32)26(3)20-23-31(25-40)39(38,29-15-8-6-9-16-29)30-17-10-7-11-18-30/h6-23,36,40H,4-5,24-25H2,1-3H3/b26-20+,31-23+,32-13+. The number of hydrogen-bond acceptors (Lipinski definition) is 3. The number of allylic oxidation sites excluding steroid dienone is 3. The molecular formula is C35H37N2OPS. The van der Waals surface area contributed by atoms with E-state index in [0.717, 1.165) is 41.1 Å². The second kappa shape index (κ2) is 12.5. The van der Waals surface area contributed by atoms with E-state index in [1.165, 1.54) is 32.6 Å². The Morgan fingerprint density at radius 2 is 1.52 bits per heavy atom. The SMILES string of the molecule is CC/C=c1\c2c(CNCC)ccc3cccc(c32)n1/C(C)=C/C=C(\CS)P(=O)(c1ccccc1)c1ccccc1. The number of thiol groups is 1. The fourth-order valence-corrected chi connectivity index (χ4v) is 8.93. The van der Waals surface area contributed by atoms with E-state index in [4.69, 9.17) is 12.6 Å². The molecule has 0 aliphatic heterocycles. The van der Waals surface area contributed by atoms with Crippen LogP contribution in [0.1, 0.15) is 32.8 Å². The third-order valence-electron chi connectivity index (χ3n) is 7.49. The summed E-state index contributed by atoms with van der Waals surface area (Å²) in [5, 5.41) is 11.0. The average Bonchev–Trinajstić information content (AvgIpc) is 3.33. The maximum absolute atomic E-state index is 14.9. The fraction of sp³-hybridized carbons (Fsp3) is 0.200. The van der Waals surface area contributed by atoms with Gasteiger partial charge in [-0.15, -0.1) is 0 Å². The summed E-state index contributed by atoms with van der Waals surface area (Å²) >= 11 is 4.70. The predicted octanol–water partition coefficient (Wildman–Crippen LogP) is 7.50. The maximum atomic E-state index is 14.9. The maximum Gasteiger partial charge on any atom is 0.167 e. The van der Waals surface area contributed by atoms with Gasteiger partial charge >= 0.3 is 0 Å². The average molecular weight is 565 g/mol. The number of benzene rings is 4. The van der Waals surface area contributed by atoms with Crippen LogP contribution in [-0.4, -0.2) is 16.9 Å². The van der Waals surface area contributed by atoms with E-state index in [1.807, 2.05) is 66.7 Å². The highest BCUT2D eigenvalue weighted by Crippen LogP contribution is 2.52. The molecule has 0 aliphatic carbocycles. The van der Waals surface area contributed by atoms with Crippen molar-refractivity contribution in [2.75, 3.05) is 12.3 Å². The van der Waals surface area contributed by atoms with Crippen molar-refractivity contribution in [3.05, 3.63) is 119 Å². The molecule has 0 saturated carbocycles. The molecule has 5 heteroatoms. The molecule has 0 unspecified atom stereocenters. The Kier molecular flexibility index (Phi) is 8.81. The third-order valence-corrected chi connectivity index (χ3v) is 11.2. The van der Waals surface area contributed by atoms with Gasteiger partial charge in [0, 0.05) is 44.7 Å². The Morgan fingerprint density at radius 3 is 2.12 bits per heavy atom. The summed E-state index contributed by atoms with van der Waals surface area (Å²) < 4.78 is 17.3. The lowest BCUT2D eigenvalue weighted by atomic mass is 10.0. The van der Waals surface area contributed by atoms with Crippen LogP contribution in [0.15, 0.2) is 108 Å². The molecule has 0 bridgehead atoms. The predicted molar refractivity (Wildman–Crippen MR) is 178 cm³/mol. The summed E-state index contributed by atoms with van der Waals surface area (Å²) in [5.41, 5.74) is 3.57. The zero-order valence-corrected chi connectivity index (χ0v) is 25.3. The molecule has 3 nitrogen and oxygen atoms in total. The first-order valence-electron chi connectivity index (χ1n) is 14.0. The van der Waals surface area contributed by atoms with Gasteiger partial charge in [-0.25, -0.2) is 0 Å². The summed E-state index contributed by atoms with van der Waals surface area (Å²) in [6.45, 7) is 8.22. The van der Waals surface area contributed by atoms with E-state index in [2.05, 4.69) is 73.1 Å². The molecule has 4 aromatic carbocycles. The van der Waals surface area contributed by atoms with Crippen LogP contribution in [0, 0.1) is 0 Å². The zero-order valence-electron chi connectivity index (χ0n) is 23.5. The van der Waals surface area contributed by atoms with E-state index >= 15 is 0 Å². The molecule has 0 saturated heterocycles. The fourth-order valence-electron chi connectivity index (χ4n) is 5.60. The van der Waals surface area contributed by atoms with Crippen LogP contribution in [-0.2, 0) is 11.1 Å². The van der Waals surface area contributed by atoms with Gasteiger partial charge in [-0.1, -0.05) is 111 Å². The summed E-state index contributed by atoms with van der Waals surface area (Å²) in [7, 11) is -3.07. The molecule has 1 aromatic heterocycles. The van der Waals surface area contributed by atoms with Gasteiger partial charge in [0.15, 0.2) is 7.14 Å². The van der Waals surface area contributed by atoms with Crippen LogP contribution < -0.4 is 21.3 Å². The monoisotopic (exact) mass is 564 g/mol. The van der Waals surface area contributed by atoms with Crippen molar-refractivity contribution in [1.29, 1.82) is 0 Å². The minimum Gasteiger partial charge on any atom is -0.314 e. The molecule has 1 N–H and O–H groups in total. The molecular weight excluding hydrogens is 527 g/mol. The minimum atomic E-state index is -3.07. The van der Waals surface area contributed by atoms with Crippen LogP contribution in [0.3, 0.4) is 0 Å².